The third-order valence-corrected chi connectivity index (χ3v) is 6.72. The first kappa shape index (κ1) is 17.7. The van der Waals surface area contributed by atoms with Crippen LogP contribution >= 0.6 is 0 Å². The van der Waals surface area contributed by atoms with Crippen molar-refractivity contribution in [2.24, 2.45) is 17.3 Å². The Morgan fingerprint density at radius 1 is 1.29 bits per heavy atom. The lowest BCUT2D eigenvalue weighted by atomic mass is 9.85. The number of likely N-dealkylation sites (tertiary alicyclic amines) is 1. The molecule has 136 valence electrons. The van der Waals surface area contributed by atoms with Crippen LogP contribution in [0.15, 0.2) is 0 Å². The van der Waals surface area contributed by atoms with Crippen molar-refractivity contribution in [3.8, 4) is 0 Å². The first-order valence-electron chi connectivity index (χ1n) is 9.63. The highest BCUT2D eigenvalue weighted by Crippen LogP contribution is 2.38. The average Bonchev–Trinajstić information content (AvgIpc) is 3.12. The highest BCUT2D eigenvalue weighted by Gasteiger charge is 2.43. The summed E-state index contributed by atoms with van der Waals surface area (Å²) in [5.41, 5.74) is -0.211. The summed E-state index contributed by atoms with van der Waals surface area (Å²) in [6.07, 6.45) is 7.78. The van der Waals surface area contributed by atoms with Crippen LogP contribution in [0.2, 0.25) is 0 Å². The summed E-state index contributed by atoms with van der Waals surface area (Å²) < 4.78 is 0. The van der Waals surface area contributed by atoms with E-state index in [1.807, 2.05) is 11.8 Å². The number of hydrogen-bond donors (Lipinski definition) is 2. The Labute approximate surface area is 145 Å². The summed E-state index contributed by atoms with van der Waals surface area (Å²) in [5, 5.41) is 12.8. The molecule has 0 bridgehead atoms. The fraction of sp³-hybridized carbons (Fsp3) is 0.895. The minimum atomic E-state index is -0.222. The molecule has 0 aromatic rings. The molecule has 2 aliphatic carbocycles. The van der Waals surface area contributed by atoms with E-state index >= 15 is 0 Å². The molecule has 0 spiro atoms. The van der Waals surface area contributed by atoms with Gasteiger partial charge in [0.2, 0.25) is 11.8 Å². The number of amides is 2. The maximum atomic E-state index is 12.7. The molecule has 0 unspecified atom stereocenters. The zero-order valence-electron chi connectivity index (χ0n) is 15.1. The molecule has 2 saturated carbocycles. The van der Waals surface area contributed by atoms with E-state index < -0.39 is 0 Å². The maximum absolute atomic E-state index is 12.7. The molecule has 0 radical (unpaired) electrons. The topological polar surface area (TPSA) is 69.6 Å². The molecular formula is C19H32N2O3. The average molecular weight is 336 g/mol. The third-order valence-electron chi connectivity index (χ3n) is 6.72. The standard InChI is InChI=1S/C19H32N2O3/c1-13-5-7-15(8-6-13)21-11-14(10-17(21)23)18(24)20-16-4-3-9-19(16,2)12-22/h13-16,22H,3-12H2,1-2H3,(H,20,24)/t13?,14-,15?,16+,19+/m1/s1. The number of carbonyl (C=O) groups excluding carboxylic acids is 2. The molecule has 24 heavy (non-hydrogen) atoms. The summed E-state index contributed by atoms with van der Waals surface area (Å²) in [4.78, 5) is 27.0. The van der Waals surface area contributed by atoms with Crippen LogP contribution in [0.3, 0.4) is 0 Å². The Kier molecular flexibility index (Phi) is 5.19. The van der Waals surface area contributed by atoms with Gasteiger partial charge in [0.15, 0.2) is 0 Å². The number of rotatable bonds is 4. The Morgan fingerprint density at radius 3 is 2.67 bits per heavy atom. The molecule has 2 N–H and O–H groups in total. The number of nitrogens with one attached hydrogen (secondary N) is 1. The van der Waals surface area contributed by atoms with Gasteiger partial charge in [-0.25, -0.2) is 0 Å². The van der Waals surface area contributed by atoms with E-state index in [2.05, 4.69) is 12.2 Å². The second-order valence-corrected chi connectivity index (χ2v) is 8.63. The van der Waals surface area contributed by atoms with Crippen molar-refractivity contribution in [1.82, 2.24) is 10.2 Å². The molecule has 3 aliphatic rings. The van der Waals surface area contributed by atoms with Crippen LogP contribution in [-0.2, 0) is 9.59 Å². The molecule has 3 rings (SSSR count). The Morgan fingerprint density at radius 2 is 2.00 bits per heavy atom. The van der Waals surface area contributed by atoms with Crippen molar-refractivity contribution < 1.29 is 14.7 Å². The monoisotopic (exact) mass is 336 g/mol. The number of nitrogens with zero attached hydrogens (tertiary/aromatic N) is 1. The number of hydrogen-bond acceptors (Lipinski definition) is 3. The largest absolute Gasteiger partial charge is 0.396 e. The van der Waals surface area contributed by atoms with Crippen molar-refractivity contribution in [1.29, 1.82) is 0 Å². The first-order chi connectivity index (χ1) is 11.4. The van der Waals surface area contributed by atoms with Gasteiger partial charge in [0.25, 0.3) is 0 Å². The summed E-state index contributed by atoms with van der Waals surface area (Å²) in [6.45, 7) is 5.00. The van der Waals surface area contributed by atoms with Crippen molar-refractivity contribution in [2.45, 2.75) is 77.3 Å². The van der Waals surface area contributed by atoms with Gasteiger partial charge in [-0.05, 0) is 44.4 Å². The van der Waals surface area contributed by atoms with Gasteiger partial charge < -0.3 is 15.3 Å². The van der Waals surface area contributed by atoms with Gasteiger partial charge in [-0.2, -0.15) is 0 Å². The van der Waals surface area contributed by atoms with Gasteiger partial charge in [-0.1, -0.05) is 20.3 Å². The normalized spacial score (nSPS) is 40.1. The van der Waals surface area contributed by atoms with Crippen LogP contribution in [0.1, 0.15) is 65.2 Å². The molecule has 1 saturated heterocycles. The molecule has 3 atom stereocenters. The lowest BCUT2D eigenvalue weighted by Gasteiger charge is -2.34. The van der Waals surface area contributed by atoms with Crippen molar-refractivity contribution in [2.75, 3.05) is 13.2 Å². The Bertz CT molecular complexity index is 487. The summed E-state index contributed by atoms with van der Waals surface area (Å²) in [6, 6.07) is 0.371. The molecule has 0 aromatic heterocycles. The molecule has 5 nitrogen and oxygen atoms in total. The van der Waals surface area contributed by atoms with Crippen LogP contribution in [0, 0.1) is 17.3 Å². The SMILES string of the molecule is CC1CCC(N2C[C@H](C(=O)N[C@H]3CCC[C@@]3(C)CO)CC2=O)CC1. The Balaban J connectivity index is 1.56. The summed E-state index contributed by atoms with van der Waals surface area (Å²) >= 11 is 0. The van der Waals surface area contributed by atoms with E-state index in [0.717, 1.165) is 38.0 Å². The highest BCUT2D eigenvalue weighted by atomic mass is 16.3. The fourth-order valence-electron chi connectivity index (χ4n) is 4.77. The fourth-order valence-corrected chi connectivity index (χ4v) is 4.77. The third kappa shape index (κ3) is 3.46. The van der Waals surface area contributed by atoms with Crippen LogP contribution in [0.25, 0.3) is 0 Å². The van der Waals surface area contributed by atoms with Gasteiger partial charge in [0.05, 0.1) is 12.5 Å². The van der Waals surface area contributed by atoms with E-state index in [9.17, 15) is 14.7 Å². The molecule has 1 aliphatic heterocycles. The molecule has 1 heterocycles. The number of aliphatic hydroxyl groups excluding tert-OH is 1. The molecule has 2 amide bonds. The van der Waals surface area contributed by atoms with Crippen LogP contribution in [0.4, 0.5) is 0 Å². The summed E-state index contributed by atoms with van der Waals surface area (Å²) in [5.74, 6) is 0.685. The smallest absolute Gasteiger partial charge is 0.225 e. The van der Waals surface area contributed by atoms with Gasteiger partial charge in [0.1, 0.15) is 0 Å². The first-order valence-corrected chi connectivity index (χ1v) is 9.63. The zero-order chi connectivity index (χ0) is 17.3. The van der Waals surface area contributed by atoms with Gasteiger partial charge >= 0.3 is 0 Å². The van der Waals surface area contributed by atoms with Crippen molar-refractivity contribution in [3.05, 3.63) is 0 Å². The van der Waals surface area contributed by atoms with Crippen LogP contribution < -0.4 is 5.32 Å². The Hall–Kier alpha value is -1.10. The maximum Gasteiger partial charge on any atom is 0.225 e. The van der Waals surface area contributed by atoms with Gasteiger partial charge in [0, 0.05) is 30.5 Å². The summed E-state index contributed by atoms with van der Waals surface area (Å²) in [7, 11) is 0. The van der Waals surface area contributed by atoms with Gasteiger partial charge in [-0.15, -0.1) is 0 Å². The van der Waals surface area contributed by atoms with E-state index in [1.54, 1.807) is 0 Å². The minimum Gasteiger partial charge on any atom is -0.396 e. The van der Waals surface area contributed by atoms with E-state index in [4.69, 9.17) is 0 Å². The van der Waals surface area contributed by atoms with E-state index in [1.165, 1.54) is 12.8 Å². The second kappa shape index (κ2) is 7.03. The minimum absolute atomic E-state index is 0.00148. The molecule has 5 heteroatoms. The molecule has 0 aromatic carbocycles. The number of aliphatic hydroxyl groups is 1. The van der Waals surface area contributed by atoms with Gasteiger partial charge in [-0.3, -0.25) is 9.59 Å². The van der Waals surface area contributed by atoms with Crippen LogP contribution in [-0.4, -0.2) is 47.1 Å². The van der Waals surface area contributed by atoms with E-state index in [-0.39, 0.29) is 35.8 Å². The zero-order valence-corrected chi connectivity index (χ0v) is 15.1. The van der Waals surface area contributed by atoms with Crippen molar-refractivity contribution in [3.63, 3.8) is 0 Å². The highest BCUT2D eigenvalue weighted by molar-refractivity contribution is 5.89. The predicted octanol–water partition coefficient (Wildman–Crippen LogP) is 2.08. The van der Waals surface area contributed by atoms with E-state index in [0.29, 0.717) is 19.0 Å². The molecular weight excluding hydrogens is 304 g/mol. The quantitative estimate of drug-likeness (QED) is 0.826. The molecule has 3 fully saturated rings. The lowest BCUT2D eigenvalue weighted by Crippen LogP contribution is -2.47. The second-order valence-electron chi connectivity index (χ2n) is 8.63. The predicted molar refractivity (Wildman–Crippen MR) is 92.2 cm³/mol. The van der Waals surface area contributed by atoms with Crippen LogP contribution in [0.5, 0.6) is 0 Å². The van der Waals surface area contributed by atoms with Crippen molar-refractivity contribution >= 4 is 11.8 Å². The number of carbonyl (C=O) groups is 2. The lowest BCUT2D eigenvalue weighted by molar-refractivity contribution is -0.131.